The third kappa shape index (κ3) is 35.0. The standard InChI is InChI=1S/C27H46N2O8.C21H38N2O6/c1-20(2)22(30)34-18-14-27(8,15-19-35-23(31)21(3)4)36-24(32)28-16-12-10-11-13-17-29(9)25(33)37-26(5,6)7;1-7-27-19(25)22-14-10-8-9-11-15-23(6)20(26)29-21(4,5)13-12-16-28-18(24)17(2)3/h1,3,10-19H2,2,4-9H3,(H,28,32);2,7-16H2,1,3-6H3,(H,22,25). The first-order valence-corrected chi connectivity index (χ1v) is 22.9. The molecular weight excluding hydrogens is 857 g/mol. The molecule has 0 fully saturated rings. The molecule has 380 valence electrons. The molecule has 0 rings (SSSR count). The summed E-state index contributed by atoms with van der Waals surface area (Å²) in [5.74, 6) is -1.47. The van der Waals surface area contributed by atoms with Crippen LogP contribution in [0.2, 0.25) is 0 Å². The second-order valence-electron chi connectivity index (χ2n) is 18.0. The Kier molecular flexibility index (Phi) is 32.4. The van der Waals surface area contributed by atoms with E-state index in [9.17, 15) is 33.6 Å². The number of ether oxygens (including phenoxy) is 7. The summed E-state index contributed by atoms with van der Waals surface area (Å²) < 4.78 is 36.6. The minimum absolute atomic E-state index is 0.0155. The summed E-state index contributed by atoms with van der Waals surface area (Å²) in [6.45, 7) is 30.8. The van der Waals surface area contributed by atoms with Gasteiger partial charge in [0.2, 0.25) is 0 Å². The maximum atomic E-state index is 12.4. The Morgan fingerprint density at radius 1 is 0.485 bits per heavy atom. The zero-order valence-corrected chi connectivity index (χ0v) is 42.4. The Labute approximate surface area is 394 Å². The Morgan fingerprint density at radius 2 is 0.879 bits per heavy atom. The molecule has 0 aromatic rings. The molecule has 0 aliphatic heterocycles. The van der Waals surface area contributed by atoms with E-state index in [0.717, 1.165) is 51.4 Å². The van der Waals surface area contributed by atoms with Crippen LogP contribution in [0.1, 0.15) is 146 Å². The van der Waals surface area contributed by atoms with Crippen LogP contribution in [0.5, 0.6) is 0 Å². The predicted octanol–water partition coefficient (Wildman–Crippen LogP) is 8.96. The highest BCUT2D eigenvalue weighted by atomic mass is 16.6. The van der Waals surface area contributed by atoms with Gasteiger partial charge in [-0.25, -0.2) is 33.6 Å². The average molecular weight is 941 g/mol. The summed E-state index contributed by atoms with van der Waals surface area (Å²) in [7, 11) is 3.43. The fourth-order valence-corrected chi connectivity index (χ4v) is 5.34. The van der Waals surface area contributed by atoms with Crippen LogP contribution >= 0.6 is 0 Å². The molecule has 66 heavy (non-hydrogen) atoms. The van der Waals surface area contributed by atoms with Crippen molar-refractivity contribution in [3.63, 3.8) is 0 Å². The molecule has 4 amide bonds. The first-order chi connectivity index (χ1) is 30.6. The fraction of sp³-hybridized carbons (Fsp3) is 0.729. The van der Waals surface area contributed by atoms with E-state index in [1.54, 1.807) is 58.5 Å². The second kappa shape index (κ2) is 34.1. The van der Waals surface area contributed by atoms with Gasteiger partial charge in [-0.2, -0.15) is 0 Å². The zero-order valence-electron chi connectivity index (χ0n) is 42.4. The smallest absolute Gasteiger partial charge is 0.410 e. The van der Waals surface area contributed by atoms with E-state index >= 15 is 0 Å². The maximum absolute atomic E-state index is 12.4. The number of carbonyl (C=O) groups excluding carboxylic acids is 7. The summed E-state index contributed by atoms with van der Waals surface area (Å²) in [5, 5.41) is 5.41. The van der Waals surface area contributed by atoms with Crippen LogP contribution in [0.4, 0.5) is 19.2 Å². The number of nitrogens with zero attached hydrogens (tertiary/aromatic N) is 2. The Bertz CT molecular complexity index is 1520. The van der Waals surface area contributed by atoms with Crippen LogP contribution in [0.15, 0.2) is 36.5 Å². The second-order valence-corrected chi connectivity index (χ2v) is 18.0. The highest BCUT2D eigenvalue weighted by molar-refractivity contribution is 5.87. The molecule has 0 unspecified atom stereocenters. The topological polar surface area (TPSA) is 215 Å². The Balaban J connectivity index is 0. The minimum atomic E-state index is -1.03. The van der Waals surface area contributed by atoms with Gasteiger partial charge in [-0.3, -0.25) is 0 Å². The molecule has 0 heterocycles. The van der Waals surface area contributed by atoms with Crippen LogP contribution < -0.4 is 10.6 Å². The van der Waals surface area contributed by atoms with Crippen molar-refractivity contribution in [2.75, 3.05) is 66.7 Å². The lowest BCUT2D eigenvalue weighted by Crippen LogP contribution is -2.39. The molecule has 0 radical (unpaired) electrons. The molecule has 0 saturated carbocycles. The number of alkyl carbamates (subject to hydrolysis) is 2. The molecule has 0 aromatic heterocycles. The number of amides is 4. The van der Waals surface area contributed by atoms with Gasteiger partial charge in [0, 0.05) is 69.8 Å². The van der Waals surface area contributed by atoms with Crippen LogP contribution in [0, 0.1) is 0 Å². The summed E-state index contributed by atoms with van der Waals surface area (Å²) >= 11 is 0. The molecule has 2 N–H and O–H groups in total. The molecule has 18 nitrogen and oxygen atoms in total. The molecule has 0 bridgehead atoms. The molecule has 0 aliphatic carbocycles. The van der Waals surface area contributed by atoms with Gasteiger partial charge in [-0.15, -0.1) is 0 Å². The van der Waals surface area contributed by atoms with Gasteiger partial charge >= 0.3 is 42.3 Å². The monoisotopic (exact) mass is 941 g/mol. The van der Waals surface area contributed by atoms with Crippen LogP contribution in [0.3, 0.4) is 0 Å². The van der Waals surface area contributed by atoms with E-state index in [4.69, 9.17) is 33.2 Å². The molecule has 0 spiro atoms. The molecule has 0 saturated heterocycles. The van der Waals surface area contributed by atoms with Crippen molar-refractivity contribution in [2.24, 2.45) is 0 Å². The van der Waals surface area contributed by atoms with Crippen molar-refractivity contribution < 1.29 is 66.7 Å². The number of carbonyl (C=O) groups is 7. The first-order valence-electron chi connectivity index (χ1n) is 22.9. The lowest BCUT2D eigenvalue weighted by molar-refractivity contribution is -0.142. The Morgan fingerprint density at radius 3 is 1.29 bits per heavy atom. The molecule has 0 aliphatic rings. The third-order valence-electron chi connectivity index (χ3n) is 9.30. The number of esters is 3. The SMILES string of the molecule is C=C(C)C(=O)OCCC(C)(CCOC(=O)C(=C)C)OC(=O)NCCCCCCN(C)C(=O)OC(C)(C)C.C=C(C)C(=O)OCCCC(C)(C)OC(=O)N(C)CCCCCCNC(=O)OCC. The highest BCUT2D eigenvalue weighted by Crippen LogP contribution is 2.22. The third-order valence-corrected chi connectivity index (χ3v) is 9.30. The van der Waals surface area contributed by atoms with E-state index in [-0.39, 0.29) is 62.1 Å². The summed E-state index contributed by atoms with van der Waals surface area (Å²) in [6, 6.07) is 0. The number of nitrogens with one attached hydrogen (secondary N) is 2. The summed E-state index contributed by atoms with van der Waals surface area (Å²) in [6.07, 6.45) is 6.91. The number of hydrogen-bond donors (Lipinski definition) is 2. The largest absolute Gasteiger partial charge is 0.462 e. The van der Waals surface area contributed by atoms with Crippen molar-refractivity contribution in [2.45, 2.75) is 163 Å². The number of unbranched alkanes of at least 4 members (excludes halogenated alkanes) is 6. The van der Waals surface area contributed by atoms with Gasteiger partial charge in [0.1, 0.15) is 16.8 Å². The van der Waals surface area contributed by atoms with E-state index in [1.165, 1.54) is 0 Å². The maximum Gasteiger partial charge on any atom is 0.410 e. The average Bonchev–Trinajstić information content (AvgIpc) is 3.20. The summed E-state index contributed by atoms with van der Waals surface area (Å²) in [4.78, 5) is 85.5. The summed E-state index contributed by atoms with van der Waals surface area (Å²) in [5.41, 5.74) is -1.28. The zero-order chi connectivity index (χ0) is 50.9. The predicted molar refractivity (Wildman–Crippen MR) is 253 cm³/mol. The molecule has 0 aromatic carbocycles. The van der Waals surface area contributed by atoms with Crippen molar-refractivity contribution in [3.8, 4) is 0 Å². The fourth-order valence-electron chi connectivity index (χ4n) is 5.34. The molecule has 0 atom stereocenters. The van der Waals surface area contributed by atoms with Gasteiger partial charge in [-0.1, -0.05) is 45.4 Å². The Hall–Kier alpha value is -5.29. The van der Waals surface area contributed by atoms with E-state index < -0.39 is 40.8 Å². The molecule has 18 heteroatoms. The van der Waals surface area contributed by atoms with Gasteiger partial charge in [0.25, 0.3) is 0 Å². The van der Waals surface area contributed by atoms with Crippen LogP contribution in [-0.4, -0.2) is 136 Å². The number of rotatable bonds is 30. The quantitative estimate of drug-likeness (QED) is 0.0298. The normalized spacial score (nSPS) is 11.0. The highest BCUT2D eigenvalue weighted by Gasteiger charge is 2.30. The van der Waals surface area contributed by atoms with Gasteiger partial charge in [-0.05, 0) is 108 Å². The van der Waals surface area contributed by atoms with Crippen molar-refractivity contribution in [1.82, 2.24) is 20.4 Å². The van der Waals surface area contributed by atoms with E-state index in [1.807, 2.05) is 34.6 Å². The van der Waals surface area contributed by atoms with Crippen LogP contribution in [-0.2, 0) is 47.5 Å². The van der Waals surface area contributed by atoms with Crippen LogP contribution in [0.25, 0.3) is 0 Å². The van der Waals surface area contributed by atoms with E-state index in [0.29, 0.717) is 51.2 Å². The lowest BCUT2D eigenvalue weighted by atomic mass is 9.98. The minimum Gasteiger partial charge on any atom is -0.462 e. The van der Waals surface area contributed by atoms with Gasteiger partial charge in [0.05, 0.1) is 26.4 Å². The van der Waals surface area contributed by atoms with E-state index in [2.05, 4.69) is 30.4 Å². The van der Waals surface area contributed by atoms with Crippen molar-refractivity contribution in [3.05, 3.63) is 36.5 Å². The van der Waals surface area contributed by atoms with Gasteiger partial charge < -0.3 is 53.6 Å². The lowest BCUT2D eigenvalue weighted by Gasteiger charge is -2.29. The first kappa shape index (κ1) is 62.8. The van der Waals surface area contributed by atoms with Crippen molar-refractivity contribution in [1.29, 1.82) is 0 Å². The van der Waals surface area contributed by atoms with Crippen molar-refractivity contribution >= 4 is 42.3 Å². The van der Waals surface area contributed by atoms with Gasteiger partial charge in [0.15, 0.2) is 0 Å². The molecular formula is C48H84N4O14. The number of hydrogen-bond acceptors (Lipinski definition) is 14.